The summed E-state index contributed by atoms with van der Waals surface area (Å²) in [6.07, 6.45) is 3.82. The van der Waals surface area contributed by atoms with Crippen LogP contribution < -0.4 is 5.32 Å². The lowest BCUT2D eigenvalue weighted by Gasteiger charge is -2.20. The molecule has 1 nitrogen and oxygen atoms in total. The molecular formula is C20H25N. The lowest BCUT2D eigenvalue weighted by atomic mass is 9.89. The van der Waals surface area contributed by atoms with Crippen LogP contribution in [0.25, 0.3) is 0 Å². The Morgan fingerprint density at radius 1 is 1.00 bits per heavy atom. The molecule has 3 rings (SSSR count). The fourth-order valence-corrected chi connectivity index (χ4v) is 2.85. The Balaban J connectivity index is 1.77. The molecular weight excluding hydrogens is 254 g/mol. The zero-order valence-corrected chi connectivity index (χ0v) is 13.1. The van der Waals surface area contributed by atoms with Crippen LogP contribution in [0, 0.1) is 13.8 Å². The molecule has 2 aromatic carbocycles. The number of rotatable bonds is 6. The van der Waals surface area contributed by atoms with E-state index in [0.29, 0.717) is 5.92 Å². The molecule has 0 aliphatic heterocycles. The van der Waals surface area contributed by atoms with Gasteiger partial charge in [0.25, 0.3) is 0 Å². The molecule has 1 heteroatoms. The Hall–Kier alpha value is -1.60. The highest BCUT2D eigenvalue weighted by Crippen LogP contribution is 2.25. The SMILES string of the molecule is Cc1ccc(C(CNC2CC2)Cc2ccccc2C)cc1. The largest absolute Gasteiger partial charge is 0.313 e. The van der Waals surface area contributed by atoms with Crippen molar-refractivity contribution < 1.29 is 0 Å². The summed E-state index contributed by atoms with van der Waals surface area (Å²) in [6, 6.07) is 18.6. The van der Waals surface area contributed by atoms with Gasteiger partial charge in [-0.2, -0.15) is 0 Å². The quantitative estimate of drug-likeness (QED) is 0.827. The first kappa shape index (κ1) is 14.3. The molecule has 1 fully saturated rings. The summed E-state index contributed by atoms with van der Waals surface area (Å²) in [5.41, 5.74) is 5.67. The van der Waals surface area contributed by atoms with E-state index < -0.39 is 0 Å². The minimum atomic E-state index is 0.562. The second-order valence-corrected chi connectivity index (χ2v) is 6.42. The number of benzene rings is 2. The Morgan fingerprint density at radius 3 is 2.38 bits per heavy atom. The summed E-state index contributed by atoms with van der Waals surface area (Å²) in [7, 11) is 0. The predicted molar refractivity (Wildman–Crippen MR) is 89.8 cm³/mol. The number of hydrogen-bond donors (Lipinski definition) is 1. The fraction of sp³-hybridized carbons (Fsp3) is 0.400. The van der Waals surface area contributed by atoms with Crippen molar-refractivity contribution in [1.82, 2.24) is 5.32 Å². The zero-order chi connectivity index (χ0) is 14.7. The first-order valence-corrected chi connectivity index (χ1v) is 8.07. The molecule has 0 spiro atoms. The van der Waals surface area contributed by atoms with Crippen LogP contribution in [-0.4, -0.2) is 12.6 Å². The van der Waals surface area contributed by atoms with E-state index in [-0.39, 0.29) is 0 Å². The highest BCUT2D eigenvalue weighted by Gasteiger charge is 2.22. The van der Waals surface area contributed by atoms with Crippen LogP contribution in [0.3, 0.4) is 0 Å². The number of aryl methyl sites for hydroxylation is 2. The summed E-state index contributed by atoms with van der Waals surface area (Å²) in [4.78, 5) is 0. The molecule has 1 N–H and O–H groups in total. The van der Waals surface area contributed by atoms with Crippen LogP contribution in [0.15, 0.2) is 48.5 Å². The van der Waals surface area contributed by atoms with Gasteiger partial charge in [0.15, 0.2) is 0 Å². The number of nitrogens with one attached hydrogen (secondary N) is 1. The maximum atomic E-state index is 3.71. The van der Waals surface area contributed by atoms with Crippen LogP contribution in [-0.2, 0) is 6.42 Å². The van der Waals surface area contributed by atoms with Gasteiger partial charge in [-0.15, -0.1) is 0 Å². The van der Waals surface area contributed by atoms with Crippen LogP contribution in [0.2, 0.25) is 0 Å². The number of hydrogen-bond acceptors (Lipinski definition) is 1. The van der Waals surface area contributed by atoms with E-state index in [9.17, 15) is 0 Å². The van der Waals surface area contributed by atoms with E-state index >= 15 is 0 Å². The smallest absolute Gasteiger partial charge is 0.00684 e. The highest BCUT2D eigenvalue weighted by molar-refractivity contribution is 5.31. The fourth-order valence-electron chi connectivity index (χ4n) is 2.85. The van der Waals surface area contributed by atoms with Gasteiger partial charge in [0, 0.05) is 18.5 Å². The topological polar surface area (TPSA) is 12.0 Å². The first-order valence-electron chi connectivity index (χ1n) is 8.07. The molecule has 1 atom stereocenters. The normalized spacial score (nSPS) is 15.9. The average Bonchev–Trinajstić information content (AvgIpc) is 3.31. The van der Waals surface area contributed by atoms with Crippen LogP contribution in [0.5, 0.6) is 0 Å². The molecule has 1 unspecified atom stereocenters. The predicted octanol–water partition coefficient (Wildman–Crippen LogP) is 4.38. The van der Waals surface area contributed by atoms with Gasteiger partial charge < -0.3 is 5.32 Å². The monoisotopic (exact) mass is 279 g/mol. The zero-order valence-electron chi connectivity index (χ0n) is 13.1. The van der Waals surface area contributed by atoms with E-state index in [4.69, 9.17) is 0 Å². The average molecular weight is 279 g/mol. The second kappa shape index (κ2) is 6.44. The summed E-state index contributed by atoms with van der Waals surface area (Å²) >= 11 is 0. The molecule has 2 aromatic rings. The lowest BCUT2D eigenvalue weighted by Crippen LogP contribution is -2.25. The van der Waals surface area contributed by atoms with Crippen LogP contribution in [0.1, 0.15) is 41.0 Å². The van der Waals surface area contributed by atoms with E-state index in [1.807, 2.05) is 0 Å². The van der Waals surface area contributed by atoms with Crippen molar-refractivity contribution in [3.05, 3.63) is 70.8 Å². The maximum absolute atomic E-state index is 3.71. The molecule has 21 heavy (non-hydrogen) atoms. The molecule has 0 saturated heterocycles. The Bertz CT molecular complexity index is 581. The van der Waals surface area contributed by atoms with E-state index in [0.717, 1.165) is 19.0 Å². The molecule has 0 bridgehead atoms. The molecule has 0 radical (unpaired) electrons. The molecule has 1 aliphatic rings. The second-order valence-electron chi connectivity index (χ2n) is 6.42. The van der Waals surface area contributed by atoms with Crippen LogP contribution >= 0.6 is 0 Å². The molecule has 1 aliphatic carbocycles. The van der Waals surface area contributed by atoms with Gasteiger partial charge in [0.2, 0.25) is 0 Å². The summed E-state index contributed by atoms with van der Waals surface area (Å²) in [6.45, 7) is 5.46. The summed E-state index contributed by atoms with van der Waals surface area (Å²) in [5.74, 6) is 0.562. The van der Waals surface area contributed by atoms with Gasteiger partial charge in [-0.1, -0.05) is 54.1 Å². The Labute approximate surface area is 128 Å². The van der Waals surface area contributed by atoms with Gasteiger partial charge in [0.05, 0.1) is 0 Å². The van der Waals surface area contributed by atoms with E-state index in [1.165, 1.54) is 35.1 Å². The van der Waals surface area contributed by atoms with E-state index in [1.54, 1.807) is 0 Å². The van der Waals surface area contributed by atoms with E-state index in [2.05, 4.69) is 67.7 Å². The minimum absolute atomic E-state index is 0.562. The Morgan fingerprint density at radius 2 is 1.71 bits per heavy atom. The van der Waals surface area contributed by atoms with Crippen molar-refractivity contribution >= 4 is 0 Å². The van der Waals surface area contributed by atoms with Crippen molar-refractivity contribution in [2.45, 2.75) is 45.1 Å². The summed E-state index contributed by atoms with van der Waals surface area (Å²) < 4.78 is 0. The molecule has 0 aromatic heterocycles. The van der Waals surface area contributed by atoms with Gasteiger partial charge in [0.1, 0.15) is 0 Å². The minimum Gasteiger partial charge on any atom is -0.313 e. The molecule has 1 saturated carbocycles. The Kier molecular flexibility index (Phi) is 4.40. The van der Waals surface area contributed by atoms with Crippen molar-refractivity contribution in [3.63, 3.8) is 0 Å². The van der Waals surface area contributed by atoms with Crippen molar-refractivity contribution in [2.75, 3.05) is 6.54 Å². The third-order valence-corrected chi connectivity index (χ3v) is 4.51. The first-order chi connectivity index (χ1) is 10.2. The lowest BCUT2D eigenvalue weighted by molar-refractivity contribution is 0.576. The van der Waals surface area contributed by atoms with Crippen molar-refractivity contribution in [1.29, 1.82) is 0 Å². The molecule has 0 heterocycles. The van der Waals surface area contributed by atoms with Crippen molar-refractivity contribution in [2.24, 2.45) is 0 Å². The maximum Gasteiger partial charge on any atom is 0.00684 e. The van der Waals surface area contributed by atoms with Crippen LogP contribution in [0.4, 0.5) is 0 Å². The van der Waals surface area contributed by atoms with Gasteiger partial charge in [-0.05, 0) is 49.8 Å². The van der Waals surface area contributed by atoms with Gasteiger partial charge in [-0.25, -0.2) is 0 Å². The van der Waals surface area contributed by atoms with Gasteiger partial charge >= 0.3 is 0 Å². The van der Waals surface area contributed by atoms with Crippen molar-refractivity contribution in [3.8, 4) is 0 Å². The summed E-state index contributed by atoms with van der Waals surface area (Å²) in [5, 5.41) is 3.71. The molecule has 110 valence electrons. The third-order valence-electron chi connectivity index (χ3n) is 4.51. The third kappa shape index (κ3) is 3.95. The highest BCUT2D eigenvalue weighted by atomic mass is 14.9. The standard InChI is InChI=1S/C20H25N/c1-15-7-9-17(10-8-15)19(14-21-20-11-12-20)13-18-6-4-3-5-16(18)2/h3-10,19-21H,11-14H2,1-2H3. The molecule has 0 amide bonds. The van der Waals surface area contributed by atoms with Gasteiger partial charge in [-0.3, -0.25) is 0 Å².